The molecular formula is C10H11Br2NOS. The lowest BCUT2D eigenvalue weighted by Gasteiger charge is -2.45. The molecule has 0 saturated carbocycles. The third kappa shape index (κ3) is 2.29. The van der Waals surface area contributed by atoms with Crippen molar-refractivity contribution in [3.63, 3.8) is 0 Å². The molecule has 0 aliphatic carbocycles. The van der Waals surface area contributed by atoms with Crippen molar-refractivity contribution in [2.45, 2.75) is 13.8 Å². The van der Waals surface area contributed by atoms with E-state index in [1.165, 1.54) is 11.3 Å². The number of likely N-dealkylation sites (tertiary alicyclic amines) is 1. The molecule has 1 aromatic heterocycles. The first-order valence-corrected chi connectivity index (χ1v) is 7.03. The monoisotopic (exact) mass is 351 g/mol. The Labute approximate surface area is 110 Å². The first-order chi connectivity index (χ1) is 6.89. The van der Waals surface area contributed by atoms with E-state index in [4.69, 9.17) is 0 Å². The molecule has 1 aliphatic heterocycles. The Bertz CT molecular complexity index is 386. The van der Waals surface area contributed by atoms with Gasteiger partial charge >= 0.3 is 0 Å². The highest BCUT2D eigenvalue weighted by Gasteiger charge is 2.37. The van der Waals surface area contributed by atoms with Crippen molar-refractivity contribution >= 4 is 49.1 Å². The van der Waals surface area contributed by atoms with E-state index in [2.05, 4.69) is 45.7 Å². The van der Waals surface area contributed by atoms with Crippen LogP contribution < -0.4 is 0 Å². The van der Waals surface area contributed by atoms with Crippen molar-refractivity contribution in [1.82, 2.24) is 4.90 Å². The zero-order valence-corrected chi connectivity index (χ0v) is 12.5. The summed E-state index contributed by atoms with van der Waals surface area (Å²) >= 11 is 8.26. The van der Waals surface area contributed by atoms with Gasteiger partial charge in [-0.25, -0.2) is 0 Å². The molecular weight excluding hydrogens is 342 g/mol. The Kier molecular flexibility index (Phi) is 2.99. The van der Waals surface area contributed by atoms with Gasteiger partial charge in [-0.2, -0.15) is 0 Å². The number of carbonyl (C=O) groups is 1. The van der Waals surface area contributed by atoms with Crippen molar-refractivity contribution in [2.24, 2.45) is 5.41 Å². The van der Waals surface area contributed by atoms with Gasteiger partial charge in [0.05, 0.1) is 8.66 Å². The summed E-state index contributed by atoms with van der Waals surface area (Å²) in [5, 5.41) is 0. The quantitative estimate of drug-likeness (QED) is 0.753. The van der Waals surface area contributed by atoms with E-state index in [1.807, 2.05) is 11.0 Å². The zero-order chi connectivity index (χ0) is 11.2. The predicted octanol–water partition coefficient (Wildman–Crippen LogP) is 3.76. The van der Waals surface area contributed by atoms with Gasteiger partial charge in [0.25, 0.3) is 5.91 Å². The maximum atomic E-state index is 12.0. The van der Waals surface area contributed by atoms with Gasteiger partial charge < -0.3 is 4.90 Å². The lowest BCUT2D eigenvalue weighted by molar-refractivity contribution is 0.0240. The number of nitrogens with zero attached hydrogens (tertiary/aromatic N) is 1. The fraction of sp³-hybridized carbons (Fsp3) is 0.500. The molecule has 2 rings (SSSR count). The predicted molar refractivity (Wildman–Crippen MR) is 69.4 cm³/mol. The second-order valence-corrected chi connectivity index (χ2v) is 7.78. The summed E-state index contributed by atoms with van der Waals surface area (Å²) in [5.74, 6) is 0.144. The van der Waals surface area contributed by atoms with Gasteiger partial charge in [-0.3, -0.25) is 4.79 Å². The van der Waals surface area contributed by atoms with Crippen molar-refractivity contribution in [3.05, 3.63) is 19.2 Å². The van der Waals surface area contributed by atoms with Gasteiger partial charge in [-0.1, -0.05) is 13.8 Å². The summed E-state index contributed by atoms with van der Waals surface area (Å²) in [4.78, 5) is 14.7. The number of carbonyl (C=O) groups excluding carboxylic acids is 1. The summed E-state index contributed by atoms with van der Waals surface area (Å²) in [6.07, 6.45) is 0. The van der Waals surface area contributed by atoms with E-state index in [1.54, 1.807) is 0 Å². The number of rotatable bonds is 1. The van der Waals surface area contributed by atoms with Crippen molar-refractivity contribution in [2.75, 3.05) is 13.1 Å². The highest BCUT2D eigenvalue weighted by atomic mass is 79.9. The number of hydrogen-bond donors (Lipinski definition) is 0. The lowest BCUT2D eigenvalue weighted by atomic mass is 9.84. The molecule has 1 fully saturated rings. The number of amides is 1. The second kappa shape index (κ2) is 3.86. The normalized spacial score (nSPS) is 18.8. The van der Waals surface area contributed by atoms with E-state index in [-0.39, 0.29) is 5.91 Å². The Morgan fingerprint density at radius 3 is 2.47 bits per heavy atom. The fourth-order valence-electron chi connectivity index (χ4n) is 1.74. The molecule has 1 amide bonds. The Hall–Kier alpha value is 0.130. The molecule has 5 heteroatoms. The third-order valence-corrected chi connectivity index (χ3v) is 5.63. The van der Waals surface area contributed by atoms with Crippen LogP contribution in [0.3, 0.4) is 0 Å². The Balaban J connectivity index is 2.10. The van der Waals surface area contributed by atoms with Crippen molar-refractivity contribution in [3.8, 4) is 0 Å². The molecule has 0 unspecified atom stereocenters. The SMILES string of the molecule is CC1(C)CN(C(=O)c2cc(Br)c(Br)s2)C1. The zero-order valence-electron chi connectivity index (χ0n) is 8.51. The average Bonchev–Trinajstić information content (AvgIpc) is 2.42. The van der Waals surface area contributed by atoms with Crippen LogP contribution in [-0.2, 0) is 0 Å². The van der Waals surface area contributed by atoms with Gasteiger partial charge in [0, 0.05) is 17.6 Å². The molecule has 1 aromatic rings. The molecule has 2 heterocycles. The Morgan fingerprint density at radius 1 is 1.47 bits per heavy atom. The van der Waals surface area contributed by atoms with Gasteiger partial charge in [-0.15, -0.1) is 11.3 Å². The first kappa shape index (κ1) is 11.6. The molecule has 0 aromatic carbocycles. The molecule has 0 N–H and O–H groups in total. The minimum Gasteiger partial charge on any atom is -0.337 e. The topological polar surface area (TPSA) is 20.3 Å². The first-order valence-electron chi connectivity index (χ1n) is 4.63. The maximum Gasteiger partial charge on any atom is 0.264 e. The molecule has 0 bridgehead atoms. The van der Waals surface area contributed by atoms with Crippen LogP contribution in [0.15, 0.2) is 14.3 Å². The molecule has 0 spiro atoms. The van der Waals surface area contributed by atoms with E-state index < -0.39 is 0 Å². The van der Waals surface area contributed by atoms with E-state index in [0.717, 1.165) is 26.2 Å². The smallest absolute Gasteiger partial charge is 0.264 e. The van der Waals surface area contributed by atoms with Gasteiger partial charge in [-0.05, 0) is 43.3 Å². The largest absolute Gasteiger partial charge is 0.337 e. The van der Waals surface area contributed by atoms with E-state index in [0.29, 0.717) is 5.41 Å². The van der Waals surface area contributed by atoms with Crippen LogP contribution in [0.25, 0.3) is 0 Å². The summed E-state index contributed by atoms with van der Waals surface area (Å²) in [6, 6.07) is 1.88. The molecule has 15 heavy (non-hydrogen) atoms. The van der Waals surface area contributed by atoms with Gasteiger partial charge in [0.2, 0.25) is 0 Å². The summed E-state index contributed by atoms with van der Waals surface area (Å²) in [7, 11) is 0. The van der Waals surface area contributed by atoms with Crippen LogP contribution in [0.2, 0.25) is 0 Å². The fourth-order valence-corrected chi connectivity index (χ4v) is 3.74. The molecule has 0 atom stereocenters. The number of hydrogen-bond acceptors (Lipinski definition) is 2. The lowest BCUT2D eigenvalue weighted by Crippen LogP contribution is -2.55. The second-order valence-electron chi connectivity index (χ2n) is 4.56. The van der Waals surface area contributed by atoms with Crippen LogP contribution in [0, 0.1) is 5.41 Å². The van der Waals surface area contributed by atoms with Gasteiger partial charge in [0.15, 0.2) is 0 Å². The minimum atomic E-state index is 0.144. The standard InChI is InChI=1S/C10H11Br2NOS/c1-10(2)4-13(5-10)9(14)7-3-6(11)8(12)15-7/h3H,4-5H2,1-2H3. The molecule has 0 radical (unpaired) electrons. The summed E-state index contributed by atoms with van der Waals surface area (Å²) in [5.41, 5.74) is 0.293. The maximum absolute atomic E-state index is 12.0. The van der Waals surface area contributed by atoms with Crippen LogP contribution >= 0.6 is 43.2 Å². The minimum absolute atomic E-state index is 0.144. The highest BCUT2D eigenvalue weighted by Crippen LogP contribution is 2.36. The van der Waals surface area contributed by atoms with E-state index in [9.17, 15) is 4.79 Å². The average molecular weight is 353 g/mol. The van der Waals surface area contributed by atoms with Crippen LogP contribution in [-0.4, -0.2) is 23.9 Å². The van der Waals surface area contributed by atoms with Crippen molar-refractivity contribution < 1.29 is 4.79 Å². The summed E-state index contributed by atoms with van der Waals surface area (Å²) in [6.45, 7) is 6.08. The molecule has 2 nitrogen and oxygen atoms in total. The summed E-state index contributed by atoms with van der Waals surface area (Å²) < 4.78 is 1.93. The molecule has 82 valence electrons. The van der Waals surface area contributed by atoms with Crippen LogP contribution in [0.1, 0.15) is 23.5 Å². The van der Waals surface area contributed by atoms with Crippen LogP contribution in [0.4, 0.5) is 0 Å². The van der Waals surface area contributed by atoms with E-state index >= 15 is 0 Å². The molecule has 1 aliphatic rings. The number of thiophene rings is 1. The van der Waals surface area contributed by atoms with Crippen LogP contribution in [0.5, 0.6) is 0 Å². The highest BCUT2D eigenvalue weighted by molar-refractivity contribution is 9.13. The Morgan fingerprint density at radius 2 is 2.07 bits per heavy atom. The third-order valence-electron chi connectivity index (χ3n) is 2.38. The number of halogens is 2. The van der Waals surface area contributed by atoms with Crippen molar-refractivity contribution in [1.29, 1.82) is 0 Å². The van der Waals surface area contributed by atoms with Gasteiger partial charge in [0.1, 0.15) is 0 Å². The molecule has 1 saturated heterocycles.